The summed E-state index contributed by atoms with van der Waals surface area (Å²) >= 11 is 1.16. The van der Waals surface area contributed by atoms with Crippen LogP contribution in [0, 0.1) is 11.3 Å². The average molecular weight is 301 g/mol. The maximum absolute atomic E-state index is 9.09. The van der Waals surface area contributed by atoms with Crippen LogP contribution in [0.2, 0.25) is 0 Å². The van der Waals surface area contributed by atoms with Crippen molar-refractivity contribution in [2.24, 2.45) is 5.14 Å². The minimum Gasteiger partial charge on any atom is -0.477 e. The van der Waals surface area contributed by atoms with Crippen LogP contribution in [0.15, 0.2) is 35.2 Å². The number of hydrogen-bond acceptors (Lipinski definition) is 7. The van der Waals surface area contributed by atoms with Gasteiger partial charge >= 0.3 is 0 Å². The van der Waals surface area contributed by atoms with E-state index >= 15 is 0 Å². The number of aromatic nitrogens is 1. The normalized spacial score (nSPS) is 9.95. The van der Waals surface area contributed by atoms with E-state index in [4.69, 9.17) is 20.9 Å². The Morgan fingerprint density at radius 3 is 2.90 bits per heavy atom. The van der Waals surface area contributed by atoms with E-state index in [0.29, 0.717) is 18.1 Å². The number of ether oxygens (including phenoxy) is 1. The van der Waals surface area contributed by atoms with Crippen molar-refractivity contribution >= 4 is 29.1 Å². The van der Waals surface area contributed by atoms with E-state index in [9.17, 15) is 0 Å². The molecule has 0 saturated heterocycles. The first-order valence-electron chi connectivity index (χ1n) is 6.25. The molecule has 1 aromatic heterocycles. The number of nitrogens with two attached hydrogens (primary N) is 2. The van der Waals surface area contributed by atoms with Gasteiger partial charge in [0.15, 0.2) is 0 Å². The zero-order chi connectivity index (χ0) is 15.2. The van der Waals surface area contributed by atoms with E-state index in [2.05, 4.69) is 10.3 Å². The lowest BCUT2D eigenvalue weighted by Crippen LogP contribution is -2.04. The molecule has 0 aliphatic heterocycles. The molecule has 1 aromatic carbocycles. The van der Waals surface area contributed by atoms with Gasteiger partial charge in [-0.25, -0.2) is 0 Å². The monoisotopic (exact) mass is 301 g/mol. The molecule has 0 fully saturated rings. The number of nitriles is 1. The van der Waals surface area contributed by atoms with Gasteiger partial charge in [-0.1, -0.05) is 6.07 Å². The molecule has 0 aliphatic carbocycles. The highest BCUT2D eigenvalue weighted by molar-refractivity contribution is 7.97. The molecule has 21 heavy (non-hydrogen) atoms. The topological polar surface area (TPSA) is 110 Å². The molecule has 108 valence electrons. The third-order valence-corrected chi connectivity index (χ3v) is 3.18. The van der Waals surface area contributed by atoms with Crippen LogP contribution in [-0.2, 0) is 0 Å². The summed E-state index contributed by atoms with van der Waals surface area (Å²) in [6.07, 6.45) is 0. The van der Waals surface area contributed by atoms with Gasteiger partial charge in [-0.05, 0) is 37.1 Å². The molecule has 0 amide bonds. The predicted octanol–water partition coefficient (Wildman–Crippen LogP) is 2.64. The van der Waals surface area contributed by atoms with Crippen molar-refractivity contribution in [3.8, 4) is 11.9 Å². The summed E-state index contributed by atoms with van der Waals surface area (Å²) in [5.41, 5.74) is 7.26. The average Bonchev–Trinajstić information content (AvgIpc) is 2.47. The summed E-state index contributed by atoms with van der Waals surface area (Å²) in [5.74, 6) is 0.737. The fourth-order valence-corrected chi connectivity index (χ4v) is 2.11. The molecule has 0 radical (unpaired) electrons. The molecule has 7 heteroatoms. The van der Waals surface area contributed by atoms with Crippen molar-refractivity contribution in [2.45, 2.75) is 11.8 Å². The van der Waals surface area contributed by atoms with E-state index in [-0.39, 0.29) is 11.4 Å². The van der Waals surface area contributed by atoms with Gasteiger partial charge in [0, 0.05) is 16.6 Å². The van der Waals surface area contributed by atoms with Gasteiger partial charge in [-0.15, -0.1) is 0 Å². The minimum atomic E-state index is 0.229. The zero-order valence-electron chi connectivity index (χ0n) is 11.5. The molecule has 6 nitrogen and oxygen atoms in total. The van der Waals surface area contributed by atoms with Crippen molar-refractivity contribution in [1.82, 2.24) is 4.98 Å². The largest absolute Gasteiger partial charge is 0.477 e. The number of nitrogens with zero attached hydrogens (tertiary/aromatic N) is 2. The van der Waals surface area contributed by atoms with Crippen LogP contribution in [0.1, 0.15) is 12.5 Å². The van der Waals surface area contributed by atoms with E-state index in [1.165, 1.54) is 0 Å². The smallest absolute Gasteiger partial charge is 0.235 e. The number of pyridine rings is 1. The molecule has 0 aliphatic rings. The lowest BCUT2D eigenvalue weighted by Gasteiger charge is -2.11. The fourth-order valence-electron chi connectivity index (χ4n) is 1.75. The number of nitrogen functional groups attached to an aromatic ring is 1. The van der Waals surface area contributed by atoms with Gasteiger partial charge in [0.05, 0.1) is 12.3 Å². The highest BCUT2D eigenvalue weighted by atomic mass is 32.2. The molecule has 0 unspecified atom stereocenters. The molecule has 0 spiro atoms. The molecular formula is C14H15N5OS. The molecule has 0 saturated carbocycles. The lowest BCUT2D eigenvalue weighted by molar-refractivity contribution is 0.326. The quantitative estimate of drug-likeness (QED) is 0.728. The molecule has 0 atom stereocenters. The van der Waals surface area contributed by atoms with E-state index in [1.807, 2.05) is 37.3 Å². The van der Waals surface area contributed by atoms with Gasteiger partial charge in [0.25, 0.3) is 0 Å². The van der Waals surface area contributed by atoms with Gasteiger partial charge in [0.1, 0.15) is 17.5 Å². The Kier molecular flexibility index (Phi) is 4.87. The second kappa shape index (κ2) is 6.83. The maximum Gasteiger partial charge on any atom is 0.235 e. The molecule has 1 heterocycles. The van der Waals surface area contributed by atoms with Crippen LogP contribution in [-0.4, -0.2) is 11.6 Å². The Balaban J connectivity index is 2.34. The molecule has 2 aromatic rings. The van der Waals surface area contributed by atoms with Gasteiger partial charge < -0.3 is 15.8 Å². The number of hydrogen-bond donors (Lipinski definition) is 3. The van der Waals surface area contributed by atoms with Gasteiger partial charge in [-0.3, -0.25) is 5.14 Å². The summed E-state index contributed by atoms with van der Waals surface area (Å²) in [5, 5.41) is 17.7. The van der Waals surface area contributed by atoms with Gasteiger partial charge in [0.2, 0.25) is 5.88 Å². The standard InChI is InChI=1S/C14H15N5OS/c1-2-20-14-11(8-15)12(16)7-13(19-14)18-9-4-3-5-10(6-9)21-17/h3-7H,2,17H2,1H3,(H3,16,18,19). The Bertz CT molecular complexity index is 684. The SMILES string of the molecule is CCOc1nc(Nc2cccc(SN)c2)cc(N)c1C#N. The van der Waals surface area contributed by atoms with Gasteiger partial charge in [-0.2, -0.15) is 10.2 Å². The molecular weight excluding hydrogens is 286 g/mol. The lowest BCUT2D eigenvalue weighted by atomic mass is 10.2. The summed E-state index contributed by atoms with van der Waals surface area (Å²) < 4.78 is 5.35. The highest BCUT2D eigenvalue weighted by Gasteiger charge is 2.12. The van der Waals surface area contributed by atoms with Crippen LogP contribution in [0.3, 0.4) is 0 Å². The number of benzene rings is 1. The third kappa shape index (κ3) is 3.56. The third-order valence-electron chi connectivity index (χ3n) is 2.65. The minimum absolute atomic E-state index is 0.229. The van der Waals surface area contributed by atoms with E-state index < -0.39 is 0 Å². The Morgan fingerprint density at radius 2 is 2.24 bits per heavy atom. The first-order valence-corrected chi connectivity index (χ1v) is 7.13. The number of rotatable bonds is 5. The Morgan fingerprint density at radius 1 is 1.43 bits per heavy atom. The molecule has 0 bridgehead atoms. The summed E-state index contributed by atoms with van der Waals surface area (Å²) in [6.45, 7) is 2.23. The van der Waals surface area contributed by atoms with Crippen LogP contribution in [0.25, 0.3) is 0 Å². The van der Waals surface area contributed by atoms with Crippen LogP contribution >= 0.6 is 11.9 Å². The van der Waals surface area contributed by atoms with Crippen molar-refractivity contribution < 1.29 is 4.74 Å². The molecule has 2 rings (SSSR count). The molecule has 5 N–H and O–H groups in total. The van der Waals surface area contributed by atoms with Crippen LogP contribution < -0.4 is 20.9 Å². The predicted molar refractivity (Wildman–Crippen MR) is 84.3 cm³/mol. The second-order valence-corrected chi connectivity index (χ2v) is 4.80. The zero-order valence-corrected chi connectivity index (χ0v) is 12.3. The van der Waals surface area contributed by atoms with Crippen molar-refractivity contribution in [2.75, 3.05) is 17.7 Å². The second-order valence-electron chi connectivity index (χ2n) is 4.09. The van der Waals surface area contributed by atoms with Crippen LogP contribution in [0.5, 0.6) is 5.88 Å². The number of anilines is 3. The summed E-state index contributed by atoms with van der Waals surface area (Å²) in [4.78, 5) is 5.19. The maximum atomic E-state index is 9.09. The van der Waals surface area contributed by atoms with E-state index in [1.54, 1.807) is 6.07 Å². The van der Waals surface area contributed by atoms with Crippen molar-refractivity contribution in [3.05, 3.63) is 35.9 Å². The van der Waals surface area contributed by atoms with Crippen molar-refractivity contribution in [1.29, 1.82) is 5.26 Å². The Hall–Kier alpha value is -2.43. The van der Waals surface area contributed by atoms with E-state index in [0.717, 1.165) is 22.5 Å². The number of nitrogens with one attached hydrogen (secondary N) is 1. The first-order chi connectivity index (χ1) is 10.2. The van der Waals surface area contributed by atoms with Crippen LogP contribution in [0.4, 0.5) is 17.2 Å². The summed E-state index contributed by atoms with van der Waals surface area (Å²) in [7, 11) is 0. The summed E-state index contributed by atoms with van der Waals surface area (Å²) in [6, 6.07) is 11.2. The Labute approximate surface area is 127 Å². The van der Waals surface area contributed by atoms with Crippen molar-refractivity contribution in [3.63, 3.8) is 0 Å². The highest BCUT2D eigenvalue weighted by Crippen LogP contribution is 2.27. The first kappa shape index (κ1) is 15.0. The fraction of sp³-hybridized carbons (Fsp3) is 0.143.